The zero-order valence-corrected chi connectivity index (χ0v) is 20.4. The number of aryl methyl sites for hydroxylation is 1. The van der Waals surface area contributed by atoms with E-state index in [2.05, 4.69) is 60.2 Å². The number of amides is 1. The molecule has 4 N–H and O–H groups in total. The number of carbonyl (C=O) groups excluding carboxylic acids is 1. The topological polar surface area (TPSA) is 119 Å². The number of nitrogens with two attached hydrogens (primary N) is 2. The summed E-state index contributed by atoms with van der Waals surface area (Å²) < 4.78 is 2.36. The van der Waals surface area contributed by atoms with Crippen molar-refractivity contribution >= 4 is 39.3 Å². The second-order valence-corrected chi connectivity index (χ2v) is 10.2. The van der Waals surface area contributed by atoms with E-state index < -0.39 is 0 Å². The number of nitrogens with zero attached hydrogens (tertiary/aromatic N) is 6. The number of nitrogen functional groups attached to an aromatic ring is 1. The molecule has 1 spiro atoms. The Bertz CT molecular complexity index is 1270. The largest absolute Gasteiger partial charge is 0.382 e. The first-order valence-corrected chi connectivity index (χ1v) is 12.5. The lowest BCUT2D eigenvalue weighted by molar-refractivity contribution is 0.0977. The molecule has 0 bridgehead atoms. The fraction of sp³-hybridized carbons (Fsp3) is 0.417. The number of anilines is 3. The Balaban J connectivity index is 1.21. The van der Waals surface area contributed by atoms with E-state index in [1.807, 2.05) is 10.7 Å². The summed E-state index contributed by atoms with van der Waals surface area (Å²) in [5, 5.41) is 4.28. The smallest absolute Gasteiger partial charge is 0.281 e. The van der Waals surface area contributed by atoms with E-state index in [1.165, 1.54) is 11.1 Å². The lowest BCUT2D eigenvalue weighted by Crippen LogP contribution is -2.45. The molecule has 1 saturated heterocycles. The molecule has 10 heteroatoms. The Morgan fingerprint density at radius 2 is 1.88 bits per heavy atom. The van der Waals surface area contributed by atoms with Gasteiger partial charge in [0.2, 0.25) is 0 Å². The molecule has 1 unspecified atom stereocenters. The van der Waals surface area contributed by atoms with E-state index in [9.17, 15) is 4.79 Å². The maximum absolute atomic E-state index is 13.3. The summed E-state index contributed by atoms with van der Waals surface area (Å²) >= 11 is 3.56. The maximum Gasteiger partial charge on any atom is 0.281 e. The molecule has 4 heterocycles. The molecular formula is C24H27BrN8O. The van der Waals surface area contributed by atoms with Gasteiger partial charge >= 0.3 is 0 Å². The second kappa shape index (κ2) is 8.06. The molecule has 3 aliphatic rings. The summed E-state index contributed by atoms with van der Waals surface area (Å²) in [5.74, 6) is 1.32. The molecule has 2 aromatic heterocycles. The SMILES string of the molecule is Nc1nc(N2CCC3(CC2)Cc2ccccc2C3N)c(Br)nc1C(=O)N1CCCn2nccc21. The number of fused-ring (bicyclic) bond motifs is 2. The number of rotatable bonds is 2. The fourth-order valence-corrected chi connectivity index (χ4v) is 6.32. The minimum Gasteiger partial charge on any atom is -0.382 e. The second-order valence-electron chi connectivity index (χ2n) is 9.50. The van der Waals surface area contributed by atoms with Crippen LogP contribution in [0.2, 0.25) is 0 Å². The van der Waals surface area contributed by atoms with Crippen LogP contribution < -0.4 is 21.3 Å². The third-order valence-corrected chi connectivity index (χ3v) is 8.22. The Kier molecular flexibility index (Phi) is 5.11. The van der Waals surface area contributed by atoms with Crippen molar-refractivity contribution in [3.63, 3.8) is 0 Å². The fourth-order valence-electron chi connectivity index (χ4n) is 5.80. The number of hydrogen-bond acceptors (Lipinski definition) is 7. The Labute approximate surface area is 206 Å². The molecule has 0 radical (unpaired) electrons. The lowest BCUT2D eigenvalue weighted by Gasteiger charge is -2.42. The van der Waals surface area contributed by atoms with Gasteiger partial charge in [-0.3, -0.25) is 9.69 Å². The third-order valence-electron chi connectivity index (χ3n) is 7.68. The minimum absolute atomic E-state index is 0.0587. The van der Waals surface area contributed by atoms with Gasteiger partial charge in [0.05, 0.1) is 6.20 Å². The Morgan fingerprint density at radius 1 is 1.09 bits per heavy atom. The number of hydrogen-bond donors (Lipinski definition) is 2. The van der Waals surface area contributed by atoms with Crippen LogP contribution in [-0.4, -0.2) is 45.3 Å². The zero-order chi connectivity index (χ0) is 23.4. The number of benzene rings is 1. The van der Waals surface area contributed by atoms with E-state index in [0.717, 1.165) is 51.1 Å². The molecule has 176 valence electrons. The van der Waals surface area contributed by atoms with Gasteiger partial charge in [0.15, 0.2) is 17.3 Å². The van der Waals surface area contributed by atoms with Gasteiger partial charge in [-0.05, 0) is 58.2 Å². The highest BCUT2D eigenvalue weighted by Gasteiger charge is 2.46. The van der Waals surface area contributed by atoms with Crippen LogP contribution in [0.3, 0.4) is 0 Å². The van der Waals surface area contributed by atoms with Crippen LogP contribution in [0.15, 0.2) is 41.1 Å². The summed E-state index contributed by atoms with van der Waals surface area (Å²) in [6, 6.07) is 10.4. The van der Waals surface area contributed by atoms with Crippen molar-refractivity contribution in [3.8, 4) is 0 Å². The molecule has 3 aromatic rings. The van der Waals surface area contributed by atoms with Gasteiger partial charge in [-0.1, -0.05) is 24.3 Å². The molecule has 1 fully saturated rings. The lowest BCUT2D eigenvalue weighted by atomic mass is 9.73. The summed E-state index contributed by atoms with van der Waals surface area (Å²) in [7, 11) is 0. The van der Waals surface area contributed by atoms with Crippen molar-refractivity contribution in [2.24, 2.45) is 11.1 Å². The highest BCUT2D eigenvalue weighted by Crippen LogP contribution is 2.51. The summed E-state index contributed by atoms with van der Waals surface area (Å²) in [6.07, 6.45) is 5.49. The molecule has 1 atom stereocenters. The van der Waals surface area contributed by atoms with Crippen LogP contribution in [0, 0.1) is 5.41 Å². The number of carbonyl (C=O) groups is 1. The van der Waals surface area contributed by atoms with Gasteiger partial charge in [0.1, 0.15) is 10.4 Å². The normalized spacial score (nSPS) is 20.9. The monoisotopic (exact) mass is 522 g/mol. The molecule has 0 saturated carbocycles. The van der Waals surface area contributed by atoms with Crippen molar-refractivity contribution in [3.05, 3.63) is 58.0 Å². The van der Waals surface area contributed by atoms with Crippen LogP contribution >= 0.6 is 15.9 Å². The van der Waals surface area contributed by atoms with Gasteiger partial charge in [-0.2, -0.15) is 5.10 Å². The predicted molar refractivity (Wildman–Crippen MR) is 134 cm³/mol. The molecule has 1 aliphatic carbocycles. The van der Waals surface area contributed by atoms with Crippen LogP contribution in [0.25, 0.3) is 0 Å². The molecule has 34 heavy (non-hydrogen) atoms. The average Bonchev–Trinajstić information content (AvgIpc) is 3.44. The highest BCUT2D eigenvalue weighted by atomic mass is 79.9. The minimum atomic E-state index is -0.258. The summed E-state index contributed by atoms with van der Waals surface area (Å²) in [4.78, 5) is 26.3. The third kappa shape index (κ3) is 3.31. The van der Waals surface area contributed by atoms with Crippen LogP contribution in [-0.2, 0) is 13.0 Å². The maximum atomic E-state index is 13.3. The van der Waals surface area contributed by atoms with Gasteiger partial charge in [0, 0.05) is 38.3 Å². The van der Waals surface area contributed by atoms with Crippen molar-refractivity contribution in [2.45, 2.75) is 38.3 Å². The van der Waals surface area contributed by atoms with Gasteiger partial charge in [0.25, 0.3) is 5.91 Å². The zero-order valence-electron chi connectivity index (χ0n) is 18.8. The van der Waals surface area contributed by atoms with Gasteiger partial charge in [-0.25, -0.2) is 14.6 Å². The molecular weight excluding hydrogens is 496 g/mol. The molecule has 6 rings (SSSR count). The average molecular weight is 523 g/mol. The van der Waals surface area contributed by atoms with Gasteiger partial charge < -0.3 is 16.4 Å². The molecule has 9 nitrogen and oxygen atoms in total. The molecule has 1 aromatic carbocycles. The van der Waals surface area contributed by atoms with E-state index in [1.54, 1.807) is 11.1 Å². The first-order chi connectivity index (χ1) is 16.5. The van der Waals surface area contributed by atoms with Crippen LogP contribution in [0.1, 0.15) is 46.9 Å². The van der Waals surface area contributed by atoms with Crippen molar-refractivity contribution in [2.75, 3.05) is 35.2 Å². The van der Waals surface area contributed by atoms with E-state index in [4.69, 9.17) is 11.5 Å². The first-order valence-electron chi connectivity index (χ1n) is 11.7. The van der Waals surface area contributed by atoms with E-state index in [0.29, 0.717) is 17.0 Å². The van der Waals surface area contributed by atoms with Crippen LogP contribution in [0.4, 0.5) is 17.5 Å². The Morgan fingerprint density at radius 3 is 2.68 bits per heavy atom. The first kappa shape index (κ1) is 21.5. The molecule has 2 aliphatic heterocycles. The quantitative estimate of drug-likeness (QED) is 0.530. The summed E-state index contributed by atoms with van der Waals surface area (Å²) in [5.41, 5.74) is 15.9. The number of aromatic nitrogens is 4. The van der Waals surface area contributed by atoms with E-state index in [-0.39, 0.29) is 28.9 Å². The highest BCUT2D eigenvalue weighted by molar-refractivity contribution is 9.10. The number of halogens is 1. The predicted octanol–water partition coefficient (Wildman–Crippen LogP) is 2.91. The van der Waals surface area contributed by atoms with Crippen molar-refractivity contribution in [1.82, 2.24) is 19.7 Å². The van der Waals surface area contributed by atoms with Gasteiger partial charge in [-0.15, -0.1) is 0 Å². The van der Waals surface area contributed by atoms with Crippen molar-refractivity contribution in [1.29, 1.82) is 0 Å². The number of piperidine rings is 1. The van der Waals surface area contributed by atoms with Crippen molar-refractivity contribution < 1.29 is 4.79 Å². The van der Waals surface area contributed by atoms with Crippen LogP contribution in [0.5, 0.6) is 0 Å². The molecule has 1 amide bonds. The van der Waals surface area contributed by atoms with E-state index >= 15 is 0 Å². The summed E-state index contributed by atoms with van der Waals surface area (Å²) in [6.45, 7) is 3.02. The standard InChI is InChI=1S/C24H27BrN8O/c25-20-22(31-12-7-24(8-13-31)14-15-4-1-2-5-16(15)19(24)26)30-21(27)18(29-20)23(34)32-10-3-11-33-17(32)6-9-28-33/h1-2,4-6,9,19H,3,7-8,10-14,26H2,(H2,27,30). The Hall–Kier alpha value is -2.98.